The molecule has 2 saturated carbocycles. The molecule has 0 bridgehead atoms. The number of thiazole rings is 1. The zero-order chi connectivity index (χ0) is 27.8. The number of hydrogen-bond donors (Lipinski definition) is 2. The van der Waals surface area contributed by atoms with Gasteiger partial charge in [0.15, 0.2) is 0 Å². The van der Waals surface area contributed by atoms with Crippen LogP contribution in [0.5, 0.6) is 0 Å². The Morgan fingerprint density at radius 2 is 1.77 bits per heavy atom. The molecule has 2 aromatic rings. The smallest absolute Gasteiger partial charge is 0.383 e. The zero-order valence-corrected chi connectivity index (χ0v) is 23.4. The molecule has 1 amide bonds. The summed E-state index contributed by atoms with van der Waals surface area (Å²) in [7, 11) is 0. The lowest BCUT2D eigenvalue weighted by atomic mass is 9.74. The second-order valence-electron chi connectivity index (χ2n) is 11.7. The number of hydrogen-bond acceptors (Lipinski definition) is 7. The topological polar surface area (TPSA) is 81.6 Å². The van der Waals surface area contributed by atoms with E-state index in [4.69, 9.17) is 0 Å². The van der Waals surface area contributed by atoms with Gasteiger partial charge in [-0.3, -0.25) is 4.79 Å². The molecule has 11 heteroatoms. The fourth-order valence-corrected chi connectivity index (χ4v) is 7.46. The molecule has 1 aliphatic heterocycles. The highest BCUT2D eigenvalue weighted by Crippen LogP contribution is 2.47. The Morgan fingerprint density at radius 1 is 1.08 bits per heavy atom. The first-order valence-corrected chi connectivity index (χ1v) is 14.8. The lowest BCUT2D eigenvalue weighted by molar-refractivity contribution is -0.145. The highest BCUT2D eigenvalue weighted by Gasteiger charge is 2.50. The summed E-state index contributed by atoms with van der Waals surface area (Å²) < 4.78 is 39.4. The number of nitrogens with zero attached hydrogens (tertiary/aromatic N) is 4. The van der Waals surface area contributed by atoms with E-state index in [-0.39, 0.29) is 17.9 Å². The van der Waals surface area contributed by atoms with Crippen LogP contribution in [0.1, 0.15) is 69.4 Å². The van der Waals surface area contributed by atoms with Gasteiger partial charge in [0.2, 0.25) is 5.91 Å². The summed E-state index contributed by atoms with van der Waals surface area (Å²) in [5.41, 5.74) is -1.98. The van der Waals surface area contributed by atoms with Crippen LogP contribution < -0.4 is 10.2 Å². The molecular weight excluding hydrogens is 527 g/mol. The van der Waals surface area contributed by atoms with Crippen LogP contribution >= 0.6 is 11.3 Å². The van der Waals surface area contributed by atoms with E-state index in [0.29, 0.717) is 50.9 Å². The van der Waals surface area contributed by atoms with Crippen molar-refractivity contribution < 1.29 is 23.1 Å². The number of amides is 1. The molecule has 2 aromatic heterocycles. The quantitative estimate of drug-likeness (QED) is 0.523. The van der Waals surface area contributed by atoms with E-state index in [1.807, 2.05) is 15.2 Å². The lowest BCUT2D eigenvalue weighted by Gasteiger charge is -2.42. The first-order chi connectivity index (χ1) is 18.5. The molecule has 0 spiro atoms. The number of pyridine rings is 1. The Bertz CT molecular complexity index is 1130. The third-order valence-corrected chi connectivity index (χ3v) is 10.1. The molecule has 2 aliphatic carbocycles. The molecule has 3 fully saturated rings. The van der Waals surface area contributed by atoms with Gasteiger partial charge >= 0.3 is 6.18 Å². The maximum absolute atomic E-state index is 13.9. The summed E-state index contributed by atoms with van der Waals surface area (Å²) in [5, 5.41) is 17.5. The van der Waals surface area contributed by atoms with Crippen LogP contribution in [0.3, 0.4) is 0 Å². The van der Waals surface area contributed by atoms with E-state index < -0.39 is 22.8 Å². The summed E-state index contributed by atoms with van der Waals surface area (Å²) in [6.07, 6.45) is 4.19. The molecule has 0 aromatic carbocycles. The first-order valence-electron chi connectivity index (χ1n) is 14.0. The van der Waals surface area contributed by atoms with E-state index in [0.717, 1.165) is 49.2 Å². The predicted octanol–water partition coefficient (Wildman–Crippen LogP) is 4.82. The van der Waals surface area contributed by atoms with Gasteiger partial charge in [0.25, 0.3) is 0 Å². The summed E-state index contributed by atoms with van der Waals surface area (Å²) >= 11 is 1.51. The van der Waals surface area contributed by atoms with E-state index in [1.165, 1.54) is 17.5 Å². The number of piperazine rings is 1. The number of carbonyl (C=O) groups is 1. The standard InChI is InChI=1S/C28H38F3N5O2S/c1-19(2)26(7-3-22(18-26)34-21-4-8-27(38,9-5-21)24-33-11-16-39-24)25(37)36-14-12-35(13-15-36)23-17-20(6-10-32-23)28(29,30)31/h6,10-11,16-17,19,21-22,34,38H,3-5,7-9,12-15,18H2,1-2H3/t21?,22-,26+,27?/m0/s1. The highest BCUT2D eigenvalue weighted by atomic mass is 32.1. The highest BCUT2D eigenvalue weighted by molar-refractivity contribution is 7.09. The summed E-state index contributed by atoms with van der Waals surface area (Å²) in [4.78, 5) is 26.1. The van der Waals surface area contributed by atoms with Gasteiger partial charge < -0.3 is 20.2 Å². The number of aliphatic hydroxyl groups is 1. The van der Waals surface area contributed by atoms with Crippen LogP contribution in [0.2, 0.25) is 0 Å². The van der Waals surface area contributed by atoms with Crippen LogP contribution in [0.15, 0.2) is 29.9 Å². The number of halogens is 3. The van der Waals surface area contributed by atoms with E-state index in [9.17, 15) is 23.1 Å². The molecule has 2 atom stereocenters. The molecule has 39 heavy (non-hydrogen) atoms. The minimum absolute atomic E-state index is 0.167. The Labute approximate surface area is 231 Å². The van der Waals surface area contributed by atoms with Crippen molar-refractivity contribution in [1.29, 1.82) is 0 Å². The van der Waals surface area contributed by atoms with Gasteiger partial charge in [-0.25, -0.2) is 9.97 Å². The van der Waals surface area contributed by atoms with Crippen molar-refractivity contribution in [1.82, 2.24) is 20.2 Å². The van der Waals surface area contributed by atoms with Crippen LogP contribution in [-0.2, 0) is 16.6 Å². The first kappa shape index (κ1) is 28.3. The Morgan fingerprint density at radius 3 is 2.38 bits per heavy atom. The minimum Gasteiger partial charge on any atom is -0.383 e. The normalized spacial score (nSPS) is 30.2. The molecule has 0 unspecified atom stereocenters. The molecule has 3 heterocycles. The van der Waals surface area contributed by atoms with Crippen molar-refractivity contribution >= 4 is 23.1 Å². The fourth-order valence-electron chi connectivity index (χ4n) is 6.67. The van der Waals surface area contributed by atoms with Crippen molar-refractivity contribution in [2.45, 2.75) is 82.7 Å². The monoisotopic (exact) mass is 565 g/mol. The number of carbonyl (C=O) groups excluding carboxylic acids is 1. The number of anilines is 1. The molecule has 0 radical (unpaired) electrons. The average molecular weight is 566 g/mol. The van der Waals surface area contributed by atoms with Crippen LogP contribution in [0.4, 0.5) is 19.0 Å². The van der Waals surface area contributed by atoms with Crippen molar-refractivity contribution in [2.24, 2.45) is 11.3 Å². The van der Waals surface area contributed by atoms with E-state index in [1.54, 1.807) is 6.20 Å². The van der Waals surface area contributed by atoms with Crippen molar-refractivity contribution in [3.05, 3.63) is 40.5 Å². The molecule has 214 valence electrons. The van der Waals surface area contributed by atoms with Gasteiger partial charge in [-0.05, 0) is 63.0 Å². The molecule has 5 rings (SSSR count). The Hall–Kier alpha value is -2.24. The number of rotatable bonds is 6. The number of nitrogens with one attached hydrogen (secondary N) is 1. The average Bonchev–Trinajstić information content (AvgIpc) is 3.61. The van der Waals surface area contributed by atoms with Gasteiger partial charge in [-0.2, -0.15) is 13.2 Å². The lowest BCUT2D eigenvalue weighted by Crippen LogP contribution is -2.54. The second-order valence-corrected chi connectivity index (χ2v) is 12.6. The van der Waals surface area contributed by atoms with Gasteiger partial charge in [0.1, 0.15) is 16.4 Å². The third kappa shape index (κ3) is 5.81. The molecule has 7 nitrogen and oxygen atoms in total. The molecular formula is C28H38F3N5O2S. The second kappa shape index (κ2) is 11.0. The van der Waals surface area contributed by atoms with Gasteiger partial charge in [0.05, 0.1) is 11.0 Å². The third-order valence-electron chi connectivity index (χ3n) is 9.16. The molecule has 3 aliphatic rings. The van der Waals surface area contributed by atoms with Crippen LogP contribution in [0, 0.1) is 11.3 Å². The maximum atomic E-state index is 13.9. The summed E-state index contributed by atoms with van der Waals surface area (Å²) in [6, 6.07) is 2.64. The van der Waals surface area contributed by atoms with Crippen molar-refractivity contribution in [3.8, 4) is 0 Å². The molecule has 2 N–H and O–H groups in total. The largest absolute Gasteiger partial charge is 0.416 e. The summed E-state index contributed by atoms with van der Waals surface area (Å²) in [5.74, 6) is 0.649. The van der Waals surface area contributed by atoms with Gasteiger partial charge in [0, 0.05) is 56.0 Å². The fraction of sp³-hybridized carbons (Fsp3) is 0.679. The van der Waals surface area contributed by atoms with Crippen LogP contribution in [-0.4, -0.2) is 64.1 Å². The minimum atomic E-state index is -4.41. The van der Waals surface area contributed by atoms with Crippen LogP contribution in [0.25, 0.3) is 0 Å². The molecule has 1 saturated heterocycles. The zero-order valence-electron chi connectivity index (χ0n) is 22.6. The van der Waals surface area contributed by atoms with Gasteiger partial charge in [-0.1, -0.05) is 13.8 Å². The van der Waals surface area contributed by atoms with Crippen molar-refractivity contribution in [3.63, 3.8) is 0 Å². The Balaban J connectivity index is 1.17. The number of alkyl halides is 3. The van der Waals surface area contributed by atoms with Gasteiger partial charge in [-0.15, -0.1) is 11.3 Å². The number of aromatic nitrogens is 2. The van der Waals surface area contributed by atoms with E-state index in [2.05, 4.69) is 29.1 Å². The SMILES string of the molecule is CC(C)[C@@]1(C(=O)N2CCN(c3cc(C(F)(F)F)ccn3)CC2)CC[C@H](NC2CCC(O)(c3nccs3)CC2)C1. The van der Waals surface area contributed by atoms with E-state index >= 15 is 0 Å². The van der Waals surface area contributed by atoms with Crippen molar-refractivity contribution in [2.75, 3.05) is 31.1 Å². The Kier molecular flexibility index (Phi) is 7.96. The maximum Gasteiger partial charge on any atom is 0.416 e. The summed E-state index contributed by atoms with van der Waals surface area (Å²) in [6.45, 7) is 6.11. The predicted molar refractivity (Wildman–Crippen MR) is 144 cm³/mol.